The zero-order chi connectivity index (χ0) is 22.9. The number of halogens is 1. The first kappa shape index (κ1) is 21.2. The van der Waals surface area contributed by atoms with Crippen molar-refractivity contribution in [1.29, 1.82) is 0 Å². The van der Waals surface area contributed by atoms with Crippen molar-refractivity contribution >= 4 is 11.0 Å². The Morgan fingerprint density at radius 3 is 2.64 bits per heavy atom. The Balaban J connectivity index is 1.31. The van der Waals surface area contributed by atoms with Crippen molar-refractivity contribution in [2.24, 2.45) is 0 Å². The molecule has 0 bridgehead atoms. The first-order chi connectivity index (χ1) is 16.0. The summed E-state index contributed by atoms with van der Waals surface area (Å²) in [4.78, 5) is 17.2. The second kappa shape index (κ2) is 8.72. The molecule has 11 heteroatoms. The average Bonchev–Trinajstić information content (AvgIpc) is 3.48. The molecule has 10 nitrogen and oxygen atoms in total. The van der Waals surface area contributed by atoms with Gasteiger partial charge in [0.05, 0.1) is 19.5 Å². The van der Waals surface area contributed by atoms with Crippen LogP contribution < -0.4 is 9.47 Å². The van der Waals surface area contributed by atoms with Crippen LogP contribution in [0.2, 0.25) is 0 Å². The molecule has 0 atom stereocenters. The molecule has 172 valence electrons. The SMILES string of the molecule is COc1cc(F)c(-n2ncc3c(OC4CCC(c5nc(C(C)C)no5)CC4)ncnc32)cn1. The van der Waals surface area contributed by atoms with E-state index in [1.807, 2.05) is 13.8 Å². The van der Waals surface area contributed by atoms with E-state index in [4.69, 9.17) is 14.0 Å². The summed E-state index contributed by atoms with van der Waals surface area (Å²) in [6.07, 6.45) is 7.76. The number of rotatable bonds is 6. The van der Waals surface area contributed by atoms with E-state index in [0.717, 1.165) is 31.5 Å². The molecule has 0 unspecified atom stereocenters. The number of hydrogen-bond acceptors (Lipinski definition) is 9. The predicted octanol–water partition coefficient (Wildman–Crippen LogP) is 3.97. The largest absolute Gasteiger partial charge is 0.481 e. The van der Waals surface area contributed by atoms with Crippen LogP contribution in [0.25, 0.3) is 16.7 Å². The van der Waals surface area contributed by atoms with Gasteiger partial charge in [-0.25, -0.2) is 24.0 Å². The Labute approximate surface area is 189 Å². The lowest BCUT2D eigenvalue weighted by Crippen LogP contribution is -2.24. The van der Waals surface area contributed by atoms with Gasteiger partial charge in [0, 0.05) is 17.9 Å². The van der Waals surface area contributed by atoms with Crippen molar-refractivity contribution in [3.8, 4) is 17.4 Å². The smallest absolute Gasteiger partial charge is 0.229 e. The first-order valence-electron chi connectivity index (χ1n) is 10.9. The van der Waals surface area contributed by atoms with E-state index in [2.05, 4.69) is 30.2 Å². The number of hydrogen-bond donors (Lipinski definition) is 0. The molecular weight excluding hydrogens is 429 g/mol. The third kappa shape index (κ3) is 4.10. The minimum Gasteiger partial charge on any atom is -0.481 e. The van der Waals surface area contributed by atoms with Crippen molar-refractivity contribution in [2.75, 3.05) is 7.11 Å². The molecule has 0 amide bonds. The van der Waals surface area contributed by atoms with Gasteiger partial charge in [-0.15, -0.1) is 0 Å². The average molecular weight is 453 g/mol. The molecule has 1 fully saturated rings. The van der Waals surface area contributed by atoms with Gasteiger partial charge in [-0.05, 0) is 25.7 Å². The van der Waals surface area contributed by atoms with E-state index in [0.29, 0.717) is 22.8 Å². The Bertz CT molecular complexity index is 1260. The molecule has 0 saturated heterocycles. The highest BCUT2D eigenvalue weighted by Crippen LogP contribution is 2.35. The van der Waals surface area contributed by atoms with Gasteiger partial charge in [-0.2, -0.15) is 10.1 Å². The number of methoxy groups -OCH3 is 1. The zero-order valence-electron chi connectivity index (χ0n) is 18.6. The number of fused-ring (bicyclic) bond motifs is 1. The highest BCUT2D eigenvalue weighted by molar-refractivity contribution is 5.81. The maximum Gasteiger partial charge on any atom is 0.229 e. The zero-order valence-corrected chi connectivity index (χ0v) is 18.6. The topological polar surface area (TPSA) is 114 Å². The van der Waals surface area contributed by atoms with Crippen LogP contribution in [-0.2, 0) is 0 Å². The van der Waals surface area contributed by atoms with Gasteiger partial charge >= 0.3 is 0 Å². The molecule has 0 aliphatic heterocycles. The number of nitrogens with zero attached hydrogens (tertiary/aromatic N) is 7. The van der Waals surface area contributed by atoms with E-state index in [-0.39, 0.29) is 29.5 Å². The maximum atomic E-state index is 14.6. The molecule has 33 heavy (non-hydrogen) atoms. The number of ether oxygens (including phenoxy) is 2. The summed E-state index contributed by atoms with van der Waals surface area (Å²) in [5.74, 6) is 2.02. The molecule has 5 rings (SSSR count). The van der Waals surface area contributed by atoms with Crippen LogP contribution in [0.4, 0.5) is 4.39 Å². The van der Waals surface area contributed by atoms with Crippen LogP contribution in [0.5, 0.6) is 11.8 Å². The Morgan fingerprint density at radius 2 is 1.94 bits per heavy atom. The molecule has 0 N–H and O–H groups in total. The molecule has 1 aliphatic carbocycles. The van der Waals surface area contributed by atoms with E-state index in [1.165, 1.54) is 30.4 Å². The predicted molar refractivity (Wildman–Crippen MR) is 115 cm³/mol. The normalized spacial score (nSPS) is 18.7. The second-order valence-electron chi connectivity index (χ2n) is 8.39. The molecule has 4 aromatic rings. The van der Waals surface area contributed by atoms with E-state index in [1.54, 1.807) is 6.20 Å². The molecule has 1 aliphatic rings. The van der Waals surface area contributed by atoms with Crippen molar-refractivity contribution in [2.45, 2.75) is 57.5 Å². The summed E-state index contributed by atoms with van der Waals surface area (Å²) in [6, 6.07) is 1.20. The van der Waals surface area contributed by atoms with Gasteiger partial charge in [0.2, 0.25) is 17.7 Å². The minimum atomic E-state index is -0.520. The van der Waals surface area contributed by atoms with Crippen molar-refractivity contribution < 1.29 is 18.4 Å². The van der Waals surface area contributed by atoms with Crippen LogP contribution in [0.3, 0.4) is 0 Å². The van der Waals surface area contributed by atoms with Crippen LogP contribution in [0, 0.1) is 5.82 Å². The van der Waals surface area contributed by atoms with Gasteiger partial charge < -0.3 is 14.0 Å². The molecule has 0 aromatic carbocycles. The van der Waals surface area contributed by atoms with Gasteiger partial charge in [-0.1, -0.05) is 19.0 Å². The standard InChI is InChI=1S/C22H24FN7O3/c1-12(2)19-28-21(33-29-19)13-4-6-14(7-5-13)32-22-15-9-27-30(20(15)25-11-26-22)17-10-24-18(31-3)8-16(17)23/h8-14H,4-7H2,1-3H3. The van der Waals surface area contributed by atoms with Gasteiger partial charge in [-0.3, -0.25) is 0 Å². The molecule has 0 spiro atoms. The third-order valence-electron chi connectivity index (χ3n) is 5.85. The molecule has 0 radical (unpaired) electrons. The van der Waals surface area contributed by atoms with Gasteiger partial charge in [0.25, 0.3) is 0 Å². The summed E-state index contributed by atoms with van der Waals surface area (Å²) in [6.45, 7) is 4.09. The molecule has 1 saturated carbocycles. The quantitative estimate of drug-likeness (QED) is 0.428. The lowest BCUT2D eigenvalue weighted by molar-refractivity contribution is 0.135. The Morgan fingerprint density at radius 1 is 1.12 bits per heavy atom. The fourth-order valence-corrected chi connectivity index (χ4v) is 4.00. The summed E-state index contributed by atoms with van der Waals surface area (Å²) in [7, 11) is 1.43. The van der Waals surface area contributed by atoms with Crippen LogP contribution in [0.1, 0.15) is 63.1 Å². The van der Waals surface area contributed by atoms with E-state index >= 15 is 0 Å². The Hall–Kier alpha value is -3.63. The number of pyridine rings is 1. The highest BCUT2D eigenvalue weighted by atomic mass is 19.1. The molecule has 4 heterocycles. The fraction of sp³-hybridized carbons (Fsp3) is 0.455. The van der Waals surface area contributed by atoms with Crippen molar-refractivity contribution in [3.63, 3.8) is 0 Å². The molecule has 4 aromatic heterocycles. The summed E-state index contributed by atoms with van der Waals surface area (Å²) in [5, 5.41) is 8.97. The summed E-state index contributed by atoms with van der Waals surface area (Å²) >= 11 is 0. The van der Waals surface area contributed by atoms with Crippen LogP contribution in [-0.4, -0.2) is 48.1 Å². The molecular formula is C22H24FN7O3. The van der Waals surface area contributed by atoms with Gasteiger partial charge in [0.1, 0.15) is 23.5 Å². The highest BCUT2D eigenvalue weighted by Gasteiger charge is 2.28. The maximum absolute atomic E-state index is 14.6. The minimum absolute atomic E-state index is 0.00502. The monoisotopic (exact) mass is 453 g/mol. The van der Waals surface area contributed by atoms with Crippen molar-refractivity contribution in [3.05, 3.63) is 42.3 Å². The Kier molecular flexibility index (Phi) is 5.61. The van der Waals surface area contributed by atoms with Crippen LogP contribution in [0.15, 0.2) is 29.3 Å². The summed E-state index contributed by atoms with van der Waals surface area (Å²) in [5.41, 5.74) is 0.600. The lowest BCUT2D eigenvalue weighted by Gasteiger charge is -2.26. The third-order valence-corrected chi connectivity index (χ3v) is 5.85. The van der Waals surface area contributed by atoms with Gasteiger partial charge in [0.15, 0.2) is 17.3 Å². The fourth-order valence-electron chi connectivity index (χ4n) is 4.00. The second-order valence-corrected chi connectivity index (χ2v) is 8.39. The lowest BCUT2D eigenvalue weighted by atomic mass is 9.87. The number of aromatic nitrogens is 7. The summed E-state index contributed by atoms with van der Waals surface area (Å²) < 4.78 is 32.6. The van der Waals surface area contributed by atoms with E-state index in [9.17, 15) is 4.39 Å². The van der Waals surface area contributed by atoms with E-state index < -0.39 is 5.82 Å². The van der Waals surface area contributed by atoms with Crippen molar-refractivity contribution in [1.82, 2.24) is 34.9 Å². The first-order valence-corrected chi connectivity index (χ1v) is 10.9. The van der Waals surface area contributed by atoms with Crippen LogP contribution >= 0.6 is 0 Å².